The van der Waals surface area contributed by atoms with Crippen molar-refractivity contribution in [1.29, 1.82) is 0 Å². The Bertz CT molecular complexity index is 626. The number of hydrogen-bond donors (Lipinski definition) is 1. The Balaban J connectivity index is 2.24. The van der Waals surface area contributed by atoms with E-state index in [1.165, 1.54) is 0 Å². The zero-order valence-corrected chi connectivity index (χ0v) is 13.9. The van der Waals surface area contributed by atoms with Crippen molar-refractivity contribution in [2.45, 2.75) is 33.5 Å². The van der Waals surface area contributed by atoms with Crippen molar-refractivity contribution in [3.05, 3.63) is 45.2 Å². The summed E-state index contributed by atoms with van der Waals surface area (Å²) in [4.78, 5) is 0. The number of hydrogen-bond acceptors (Lipinski definition) is 3. The molecule has 1 heterocycles. The minimum Gasteiger partial charge on any atom is -0.485 e. The third kappa shape index (κ3) is 3.51. The molecule has 0 aliphatic carbocycles. The highest BCUT2D eigenvalue weighted by molar-refractivity contribution is 6.32. The van der Waals surface area contributed by atoms with E-state index >= 15 is 0 Å². The van der Waals surface area contributed by atoms with Gasteiger partial charge in [-0.05, 0) is 27.0 Å². The van der Waals surface area contributed by atoms with Crippen molar-refractivity contribution in [3.63, 3.8) is 0 Å². The predicted octanol–water partition coefficient (Wildman–Crippen LogP) is 3.82. The molecule has 0 unspecified atom stereocenters. The minimum atomic E-state index is 0.341. The highest BCUT2D eigenvalue weighted by Gasteiger charge is 2.15. The number of nitrogens with one attached hydrogen (secondary N) is 1. The van der Waals surface area contributed by atoms with Gasteiger partial charge in [0.05, 0.1) is 21.4 Å². The van der Waals surface area contributed by atoms with Gasteiger partial charge in [0.15, 0.2) is 0 Å². The van der Waals surface area contributed by atoms with Crippen LogP contribution in [-0.2, 0) is 19.7 Å². The van der Waals surface area contributed by atoms with E-state index in [-0.39, 0.29) is 0 Å². The molecule has 0 aliphatic heterocycles. The van der Waals surface area contributed by atoms with Crippen LogP contribution in [0, 0.1) is 6.92 Å². The maximum atomic E-state index is 6.29. The fourth-order valence-electron chi connectivity index (χ4n) is 2.19. The topological polar surface area (TPSA) is 39.1 Å². The molecule has 21 heavy (non-hydrogen) atoms. The first-order valence-electron chi connectivity index (χ1n) is 6.85. The molecule has 0 saturated carbocycles. The number of halogens is 2. The summed E-state index contributed by atoms with van der Waals surface area (Å²) in [6.07, 6.45) is 0. The van der Waals surface area contributed by atoms with E-state index in [0.29, 0.717) is 28.9 Å². The lowest BCUT2D eigenvalue weighted by molar-refractivity contribution is 0.289. The van der Waals surface area contributed by atoms with Crippen molar-refractivity contribution in [3.8, 4) is 5.75 Å². The summed E-state index contributed by atoms with van der Waals surface area (Å²) in [7, 11) is 1.89. The largest absolute Gasteiger partial charge is 0.485 e. The normalized spacial score (nSPS) is 10.9. The molecule has 0 atom stereocenters. The van der Waals surface area contributed by atoms with Crippen LogP contribution in [0.2, 0.25) is 10.0 Å². The Morgan fingerprint density at radius 3 is 2.76 bits per heavy atom. The van der Waals surface area contributed by atoms with Gasteiger partial charge in [-0.1, -0.05) is 35.3 Å². The fourth-order valence-corrected chi connectivity index (χ4v) is 2.63. The van der Waals surface area contributed by atoms with Crippen LogP contribution in [0.4, 0.5) is 0 Å². The van der Waals surface area contributed by atoms with Gasteiger partial charge in [0, 0.05) is 18.7 Å². The lowest BCUT2D eigenvalue weighted by Crippen LogP contribution is -2.10. The zero-order valence-electron chi connectivity index (χ0n) is 12.4. The Hall–Kier alpha value is -1.23. The summed E-state index contributed by atoms with van der Waals surface area (Å²) in [5, 5.41) is 8.73. The zero-order chi connectivity index (χ0) is 15.4. The molecule has 114 valence electrons. The molecule has 1 aromatic carbocycles. The van der Waals surface area contributed by atoms with Crippen molar-refractivity contribution < 1.29 is 4.74 Å². The van der Waals surface area contributed by atoms with Crippen molar-refractivity contribution >= 4 is 23.2 Å². The van der Waals surface area contributed by atoms with Gasteiger partial charge < -0.3 is 10.1 Å². The summed E-state index contributed by atoms with van der Waals surface area (Å²) in [6, 6.07) is 5.72. The van der Waals surface area contributed by atoms with Crippen LogP contribution in [0.3, 0.4) is 0 Å². The Morgan fingerprint density at radius 1 is 1.33 bits per heavy atom. The third-order valence-corrected chi connectivity index (χ3v) is 4.01. The summed E-state index contributed by atoms with van der Waals surface area (Å²) in [5.74, 6) is 0.686. The van der Waals surface area contributed by atoms with E-state index in [0.717, 1.165) is 23.5 Å². The van der Waals surface area contributed by atoms with Gasteiger partial charge in [0.25, 0.3) is 0 Å². The van der Waals surface area contributed by atoms with Crippen LogP contribution >= 0.6 is 23.2 Å². The first-order valence-corrected chi connectivity index (χ1v) is 7.60. The number of aryl methyl sites for hydroxylation is 2. The third-order valence-electron chi connectivity index (χ3n) is 3.22. The highest BCUT2D eigenvalue weighted by Crippen LogP contribution is 2.30. The Morgan fingerprint density at radius 2 is 2.10 bits per heavy atom. The van der Waals surface area contributed by atoms with Gasteiger partial charge in [-0.3, -0.25) is 4.68 Å². The Labute approximate surface area is 135 Å². The molecule has 0 saturated heterocycles. The van der Waals surface area contributed by atoms with E-state index < -0.39 is 0 Å². The smallest absolute Gasteiger partial charge is 0.142 e. The second-order valence-corrected chi connectivity index (χ2v) is 5.49. The number of nitrogens with zero attached hydrogens (tertiary/aromatic N) is 2. The maximum absolute atomic E-state index is 6.29. The SMILES string of the molecule is CCn1nc(C)c(Cl)c1COc1c(Cl)cccc1CNC. The quantitative estimate of drug-likeness (QED) is 0.876. The molecule has 0 bridgehead atoms. The average Bonchev–Trinajstić information content (AvgIpc) is 2.74. The van der Waals surface area contributed by atoms with Gasteiger partial charge >= 0.3 is 0 Å². The standard InChI is InChI=1S/C15H19Cl2N3O/c1-4-20-13(14(17)10(2)19-20)9-21-15-11(8-18-3)6-5-7-12(15)16/h5-7,18H,4,8-9H2,1-3H3. The van der Waals surface area contributed by atoms with Crippen molar-refractivity contribution in [2.75, 3.05) is 7.05 Å². The van der Waals surface area contributed by atoms with E-state index in [1.807, 2.05) is 43.8 Å². The van der Waals surface area contributed by atoms with Gasteiger partial charge in [-0.25, -0.2) is 0 Å². The van der Waals surface area contributed by atoms with Gasteiger partial charge in [0.2, 0.25) is 0 Å². The maximum Gasteiger partial charge on any atom is 0.142 e. The lowest BCUT2D eigenvalue weighted by Gasteiger charge is -2.14. The van der Waals surface area contributed by atoms with E-state index in [2.05, 4.69) is 10.4 Å². The molecule has 1 aromatic heterocycles. The number of para-hydroxylation sites is 1. The van der Waals surface area contributed by atoms with Crippen LogP contribution in [0.25, 0.3) is 0 Å². The Kier molecular flexibility index (Phi) is 5.51. The molecule has 0 spiro atoms. The van der Waals surface area contributed by atoms with Crippen LogP contribution in [0.1, 0.15) is 23.9 Å². The van der Waals surface area contributed by atoms with E-state index in [9.17, 15) is 0 Å². The van der Waals surface area contributed by atoms with Crippen LogP contribution in [-0.4, -0.2) is 16.8 Å². The van der Waals surface area contributed by atoms with Crippen molar-refractivity contribution in [2.24, 2.45) is 0 Å². The number of aromatic nitrogens is 2. The lowest BCUT2D eigenvalue weighted by atomic mass is 10.2. The molecule has 0 amide bonds. The molecular formula is C15H19Cl2N3O. The summed E-state index contributed by atoms with van der Waals surface area (Å²) < 4.78 is 7.78. The summed E-state index contributed by atoms with van der Waals surface area (Å²) in [6.45, 7) is 5.69. The molecule has 0 fully saturated rings. The number of benzene rings is 1. The molecular weight excluding hydrogens is 309 g/mol. The molecule has 0 aliphatic rings. The fraction of sp³-hybridized carbons (Fsp3) is 0.400. The van der Waals surface area contributed by atoms with Gasteiger partial charge in [0.1, 0.15) is 12.4 Å². The first kappa shape index (κ1) is 16.1. The van der Waals surface area contributed by atoms with Gasteiger partial charge in [-0.2, -0.15) is 5.10 Å². The molecule has 1 N–H and O–H groups in total. The minimum absolute atomic E-state index is 0.341. The second kappa shape index (κ2) is 7.16. The second-order valence-electron chi connectivity index (χ2n) is 4.71. The monoisotopic (exact) mass is 327 g/mol. The molecule has 2 aromatic rings. The molecule has 4 nitrogen and oxygen atoms in total. The molecule has 2 rings (SSSR count). The summed E-state index contributed by atoms with van der Waals surface area (Å²) >= 11 is 12.5. The summed E-state index contributed by atoms with van der Waals surface area (Å²) in [5.41, 5.74) is 2.69. The predicted molar refractivity (Wildman–Crippen MR) is 86.2 cm³/mol. The van der Waals surface area contributed by atoms with E-state index in [4.69, 9.17) is 27.9 Å². The van der Waals surface area contributed by atoms with Crippen LogP contribution < -0.4 is 10.1 Å². The first-order chi connectivity index (χ1) is 10.1. The average molecular weight is 328 g/mol. The number of ether oxygens (including phenoxy) is 1. The van der Waals surface area contributed by atoms with Gasteiger partial charge in [-0.15, -0.1) is 0 Å². The highest BCUT2D eigenvalue weighted by atomic mass is 35.5. The van der Waals surface area contributed by atoms with E-state index in [1.54, 1.807) is 0 Å². The van der Waals surface area contributed by atoms with Crippen LogP contribution in [0.15, 0.2) is 18.2 Å². The van der Waals surface area contributed by atoms with Crippen molar-refractivity contribution in [1.82, 2.24) is 15.1 Å². The molecule has 6 heteroatoms. The number of rotatable bonds is 6. The van der Waals surface area contributed by atoms with Crippen LogP contribution in [0.5, 0.6) is 5.75 Å². The molecule has 0 radical (unpaired) electrons.